The molecule has 7 heteroatoms. The number of likely N-dealkylation sites (N-methyl/N-ethyl adjacent to an activating group) is 1. The number of aromatic nitrogens is 5. The van der Waals surface area contributed by atoms with Crippen LogP contribution in [0.5, 0.6) is 0 Å². The molecule has 3 aromatic heterocycles. The Morgan fingerprint density at radius 1 is 1.36 bits per heavy atom. The van der Waals surface area contributed by atoms with Gasteiger partial charge in [0, 0.05) is 43.3 Å². The summed E-state index contributed by atoms with van der Waals surface area (Å²) in [5.74, 6) is 0. The van der Waals surface area contributed by atoms with Crippen molar-refractivity contribution in [3.05, 3.63) is 52.3 Å². The van der Waals surface area contributed by atoms with Gasteiger partial charge in [0.05, 0.1) is 12.2 Å². The van der Waals surface area contributed by atoms with E-state index < -0.39 is 0 Å². The van der Waals surface area contributed by atoms with Crippen LogP contribution in [-0.4, -0.2) is 42.4 Å². The van der Waals surface area contributed by atoms with E-state index in [9.17, 15) is 4.79 Å². The predicted molar refractivity (Wildman–Crippen MR) is 83.7 cm³/mol. The zero-order valence-electron chi connectivity index (χ0n) is 12.9. The number of fused-ring (bicyclic) bond motifs is 1. The largest absolute Gasteiger partial charge is 0.296 e. The Balaban J connectivity index is 1.74. The van der Waals surface area contributed by atoms with Gasteiger partial charge in [-0.3, -0.25) is 19.5 Å². The van der Waals surface area contributed by atoms with E-state index in [1.54, 1.807) is 12.3 Å². The van der Waals surface area contributed by atoms with Crippen LogP contribution in [0.4, 0.5) is 0 Å². The van der Waals surface area contributed by atoms with E-state index in [-0.39, 0.29) is 5.56 Å². The number of nitrogens with one attached hydrogen (secondary N) is 1. The molecule has 0 aliphatic heterocycles. The molecule has 3 aromatic rings. The molecule has 0 saturated carbocycles. The third-order valence-electron chi connectivity index (χ3n) is 3.67. The van der Waals surface area contributed by atoms with Crippen LogP contribution in [0, 0.1) is 6.92 Å². The van der Waals surface area contributed by atoms with Gasteiger partial charge in [-0.05, 0) is 19.5 Å². The van der Waals surface area contributed by atoms with Crippen molar-refractivity contribution in [1.82, 2.24) is 29.3 Å². The molecule has 7 nitrogen and oxygen atoms in total. The van der Waals surface area contributed by atoms with Gasteiger partial charge >= 0.3 is 0 Å². The van der Waals surface area contributed by atoms with E-state index in [1.165, 1.54) is 4.52 Å². The molecule has 3 heterocycles. The summed E-state index contributed by atoms with van der Waals surface area (Å²) in [6.45, 7) is 7.27. The molecular weight excluding hydrogens is 280 g/mol. The van der Waals surface area contributed by atoms with Gasteiger partial charge in [0.15, 0.2) is 5.65 Å². The highest BCUT2D eigenvalue weighted by atomic mass is 16.1. The molecule has 0 radical (unpaired) electrons. The molecule has 0 fully saturated rings. The first-order chi connectivity index (χ1) is 10.7. The predicted octanol–water partition coefficient (Wildman–Crippen LogP) is 1.05. The van der Waals surface area contributed by atoms with Gasteiger partial charge in [-0.1, -0.05) is 6.92 Å². The Morgan fingerprint density at radius 2 is 2.23 bits per heavy atom. The van der Waals surface area contributed by atoms with E-state index in [4.69, 9.17) is 0 Å². The van der Waals surface area contributed by atoms with Gasteiger partial charge in [0.1, 0.15) is 0 Å². The van der Waals surface area contributed by atoms with Crippen LogP contribution in [0.3, 0.4) is 0 Å². The summed E-state index contributed by atoms with van der Waals surface area (Å²) in [5.41, 5.74) is 2.32. The SMILES string of the molecule is CCN(CCn1cccn1)Cc1cc(=O)n2[nH]c(C)cc2n1. The molecule has 0 aromatic carbocycles. The molecule has 0 unspecified atom stereocenters. The highest BCUT2D eigenvalue weighted by molar-refractivity contribution is 5.39. The van der Waals surface area contributed by atoms with Crippen LogP contribution in [0.25, 0.3) is 5.65 Å². The first kappa shape index (κ1) is 14.5. The molecule has 0 atom stereocenters. The summed E-state index contributed by atoms with van der Waals surface area (Å²) in [6, 6.07) is 5.39. The lowest BCUT2D eigenvalue weighted by Gasteiger charge is -2.19. The Hall–Kier alpha value is -2.41. The third-order valence-corrected chi connectivity index (χ3v) is 3.67. The number of hydrogen-bond donors (Lipinski definition) is 1. The minimum atomic E-state index is -0.0729. The van der Waals surface area contributed by atoms with Crippen molar-refractivity contribution in [1.29, 1.82) is 0 Å². The first-order valence-corrected chi connectivity index (χ1v) is 7.44. The maximum absolute atomic E-state index is 12.1. The van der Waals surface area contributed by atoms with Crippen molar-refractivity contribution in [2.24, 2.45) is 0 Å². The van der Waals surface area contributed by atoms with Gasteiger partial charge in [0.25, 0.3) is 5.56 Å². The van der Waals surface area contributed by atoms with Crippen LogP contribution in [0.2, 0.25) is 0 Å². The minimum absolute atomic E-state index is 0.0729. The second kappa shape index (κ2) is 6.15. The fourth-order valence-corrected chi connectivity index (χ4v) is 2.50. The maximum Gasteiger partial charge on any atom is 0.272 e. The molecule has 1 N–H and O–H groups in total. The topological polar surface area (TPSA) is 71.2 Å². The van der Waals surface area contributed by atoms with Crippen molar-refractivity contribution < 1.29 is 0 Å². The second-order valence-electron chi connectivity index (χ2n) is 5.36. The zero-order chi connectivity index (χ0) is 15.5. The van der Waals surface area contributed by atoms with E-state index in [2.05, 4.69) is 27.0 Å². The lowest BCUT2D eigenvalue weighted by molar-refractivity contribution is 0.260. The molecule has 0 aliphatic carbocycles. The first-order valence-electron chi connectivity index (χ1n) is 7.44. The average molecular weight is 300 g/mol. The van der Waals surface area contributed by atoms with E-state index in [0.29, 0.717) is 12.2 Å². The second-order valence-corrected chi connectivity index (χ2v) is 5.36. The van der Waals surface area contributed by atoms with E-state index in [1.807, 2.05) is 29.9 Å². The molecular formula is C15H20N6O. The summed E-state index contributed by atoms with van der Waals surface area (Å²) < 4.78 is 3.38. The molecule has 0 bridgehead atoms. The standard InChI is InChI=1S/C15H20N6O/c1-3-19(7-8-20-6-4-5-16-20)11-13-10-15(22)21-14(17-13)9-12(2)18-21/h4-6,9-10,18H,3,7-8,11H2,1-2H3. The van der Waals surface area contributed by atoms with Gasteiger partial charge in [-0.25, -0.2) is 9.50 Å². The van der Waals surface area contributed by atoms with Crippen LogP contribution in [0.15, 0.2) is 35.4 Å². The summed E-state index contributed by atoms with van der Waals surface area (Å²) in [5, 5.41) is 7.19. The summed E-state index contributed by atoms with van der Waals surface area (Å²) in [7, 11) is 0. The molecule has 22 heavy (non-hydrogen) atoms. The van der Waals surface area contributed by atoms with Gasteiger partial charge < -0.3 is 0 Å². The van der Waals surface area contributed by atoms with E-state index in [0.717, 1.165) is 31.0 Å². The van der Waals surface area contributed by atoms with Crippen molar-refractivity contribution in [2.45, 2.75) is 26.9 Å². The van der Waals surface area contributed by atoms with Crippen molar-refractivity contribution in [3.63, 3.8) is 0 Å². The van der Waals surface area contributed by atoms with Crippen molar-refractivity contribution in [3.8, 4) is 0 Å². The summed E-state index contributed by atoms with van der Waals surface area (Å²) in [6.07, 6.45) is 3.73. The van der Waals surface area contributed by atoms with Crippen LogP contribution < -0.4 is 5.56 Å². The zero-order valence-corrected chi connectivity index (χ0v) is 12.9. The molecule has 0 amide bonds. The number of aryl methyl sites for hydroxylation is 1. The van der Waals surface area contributed by atoms with Crippen molar-refractivity contribution in [2.75, 3.05) is 13.1 Å². The third kappa shape index (κ3) is 3.09. The number of H-pyrrole nitrogens is 1. The Kier molecular flexibility index (Phi) is 4.06. The highest BCUT2D eigenvalue weighted by Gasteiger charge is 2.09. The Labute approximate surface area is 128 Å². The monoisotopic (exact) mass is 300 g/mol. The maximum atomic E-state index is 12.1. The summed E-state index contributed by atoms with van der Waals surface area (Å²) >= 11 is 0. The number of hydrogen-bond acceptors (Lipinski definition) is 4. The Morgan fingerprint density at radius 3 is 2.95 bits per heavy atom. The number of aromatic amines is 1. The van der Waals surface area contributed by atoms with Gasteiger partial charge in [-0.15, -0.1) is 0 Å². The van der Waals surface area contributed by atoms with Crippen LogP contribution in [0.1, 0.15) is 18.3 Å². The molecule has 3 rings (SSSR count). The van der Waals surface area contributed by atoms with Crippen molar-refractivity contribution >= 4 is 5.65 Å². The quantitative estimate of drug-likeness (QED) is 0.738. The molecule has 0 spiro atoms. The smallest absolute Gasteiger partial charge is 0.272 e. The number of nitrogens with zero attached hydrogens (tertiary/aromatic N) is 5. The molecule has 0 saturated heterocycles. The van der Waals surface area contributed by atoms with Gasteiger partial charge in [0.2, 0.25) is 0 Å². The molecule has 116 valence electrons. The molecule has 0 aliphatic rings. The average Bonchev–Trinajstić information content (AvgIpc) is 3.12. The van der Waals surface area contributed by atoms with Crippen LogP contribution in [-0.2, 0) is 13.1 Å². The van der Waals surface area contributed by atoms with E-state index >= 15 is 0 Å². The lowest BCUT2D eigenvalue weighted by Crippen LogP contribution is -2.28. The fraction of sp³-hybridized carbons (Fsp3) is 0.400. The van der Waals surface area contributed by atoms with Crippen LogP contribution >= 0.6 is 0 Å². The minimum Gasteiger partial charge on any atom is -0.296 e. The lowest BCUT2D eigenvalue weighted by atomic mass is 10.3. The Bertz CT molecular complexity index is 801. The number of rotatable bonds is 6. The highest BCUT2D eigenvalue weighted by Crippen LogP contribution is 2.04. The normalized spacial score (nSPS) is 11.6. The summed E-state index contributed by atoms with van der Waals surface area (Å²) in [4.78, 5) is 18.9. The fourth-order valence-electron chi connectivity index (χ4n) is 2.50. The van der Waals surface area contributed by atoms with Gasteiger partial charge in [-0.2, -0.15) is 5.10 Å².